The maximum Gasteiger partial charge on any atom is 0.344 e. The van der Waals surface area contributed by atoms with Crippen LogP contribution in [0.3, 0.4) is 0 Å². The molecule has 88 valence electrons. The van der Waals surface area contributed by atoms with Gasteiger partial charge in [-0.25, -0.2) is 4.79 Å². The van der Waals surface area contributed by atoms with Crippen molar-refractivity contribution >= 4 is 17.6 Å². The molecule has 0 amide bonds. The molecule has 0 atom stereocenters. The zero-order chi connectivity index (χ0) is 13.0. The van der Waals surface area contributed by atoms with Gasteiger partial charge in [-0.05, 0) is 36.4 Å². The molecular formula is C15H9ClO2. The molecule has 0 fully saturated rings. The molecule has 0 spiro atoms. The number of carbonyl (C=O) groups is 1. The lowest BCUT2D eigenvalue weighted by Crippen LogP contribution is -2.10. The van der Waals surface area contributed by atoms with Crippen molar-refractivity contribution in [2.75, 3.05) is 0 Å². The Kier molecular flexibility index (Phi) is 3.66. The summed E-state index contributed by atoms with van der Waals surface area (Å²) < 4.78 is 5.20. The van der Waals surface area contributed by atoms with Crippen LogP contribution in [0.4, 0.5) is 0 Å². The summed E-state index contributed by atoms with van der Waals surface area (Å²) in [6.45, 7) is 0. The monoisotopic (exact) mass is 256 g/mol. The first-order valence-corrected chi connectivity index (χ1v) is 5.62. The standard InChI is InChI=1S/C15H9ClO2/c1-2-11-5-3-4-6-14(11)15(17)18-13-9-7-12(16)8-10-13/h1,3-10H. The van der Waals surface area contributed by atoms with E-state index in [9.17, 15) is 4.79 Å². The fourth-order valence-corrected chi connectivity index (χ4v) is 1.58. The van der Waals surface area contributed by atoms with Crippen LogP contribution < -0.4 is 4.74 Å². The first-order chi connectivity index (χ1) is 8.70. The second kappa shape index (κ2) is 5.39. The van der Waals surface area contributed by atoms with E-state index >= 15 is 0 Å². The molecule has 0 aliphatic rings. The highest BCUT2D eigenvalue weighted by molar-refractivity contribution is 6.30. The third-order valence-electron chi connectivity index (χ3n) is 2.33. The first kappa shape index (κ1) is 12.2. The Labute approximate surface area is 110 Å². The number of hydrogen-bond acceptors (Lipinski definition) is 2. The van der Waals surface area contributed by atoms with Crippen molar-refractivity contribution in [2.45, 2.75) is 0 Å². The van der Waals surface area contributed by atoms with E-state index in [0.29, 0.717) is 21.9 Å². The Morgan fingerprint density at radius 3 is 2.44 bits per heavy atom. The second-order valence-corrected chi connectivity index (χ2v) is 3.97. The molecule has 0 radical (unpaired) electrons. The number of hydrogen-bond donors (Lipinski definition) is 0. The average Bonchev–Trinajstić information content (AvgIpc) is 2.41. The molecule has 2 nitrogen and oxygen atoms in total. The van der Waals surface area contributed by atoms with Gasteiger partial charge in [-0.1, -0.05) is 29.7 Å². The van der Waals surface area contributed by atoms with Gasteiger partial charge in [0.1, 0.15) is 5.75 Å². The van der Waals surface area contributed by atoms with Gasteiger partial charge in [-0.3, -0.25) is 0 Å². The van der Waals surface area contributed by atoms with Crippen molar-refractivity contribution in [3.8, 4) is 18.1 Å². The van der Waals surface area contributed by atoms with Gasteiger partial charge in [-0.2, -0.15) is 0 Å². The van der Waals surface area contributed by atoms with Crippen LogP contribution in [0, 0.1) is 12.3 Å². The molecular weight excluding hydrogens is 248 g/mol. The van der Waals surface area contributed by atoms with Gasteiger partial charge < -0.3 is 4.74 Å². The van der Waals surface area contributed by atoms with Gasteiger partial charge >= 0.3 is 5.97 Å². The lowest BCUT2D eigenvalue weighted by Gasteiger charge is -2.05. The SMILES string of the molecule is C#Cc1ccccc1C(=O)Oc1ccc(Cl)cc1. The minimum absolute atomic E-state index is 0.370. The summed E-state index contributed by atoms with van der Waals surface area (Å²) >= 11 is 5.75. The van der Waals surface area contributed by atoms with Crippen molar-refractivity contribution in [2.24, 2.45) is 0 Å². The lowest BCUT2D eigenvalue weighted by atomic mass is 10.1. The van der Waals surface area contributed by atoms with Gasteiger partial charge in [-0.15, -0.1) is 6.42 Å². The molecule has 2 rings (SSSR count). The van der Waals surface area contributed by atoms with Crippen molar-refractivity contribution in [1.29, 1.82) is 0 Å². The van der Waals surface area contributed by atoms with E-state index < -0.39 is 5.97 Å². The van der Waals surface area contributed by atoms with Crippen LogP contribution in [0.2, 0.25) is 5.02 Å². The van der Waals surface area contributed by atoms with Crippen LogP contribution >= 0.6 is 11.6 Å². The molecule has 0 bridgehead atoms. The quantitative estimate of drug-likeness (QED) is 0.467. The summed E-state index contributed by atoms with van der Waals surface area (Å²) in [6, 6.07) is 13.4. The predicted molar refractivity (Wildman–Crippen MR) is 70.8 cm³/mol. The fraction of sp³-hybridized carbons (Fsp3) is 0. The summed E-state index contributed by atoms with van der Waals surface area (Å²) in [6.07, 6.45) is 5.33. The van der Waals surface area contributed by atoms with Crippen LogP contribution in [0.5, 0.6) is 5.75 Å². The molecule has 0 aliphatic heterocycles. The maximum atomic E-state index is 11.9. The largest absolute Gasteiger partial charge is 0.423 e. The predicted octanol–water partition coefficient (Wildman–Crippen LogP) is 3.54. The number of esters is 1. The number of terminal acetylenes is 1. The molecule has 2 aromatic carbocycles. The highest BCUT2D eigenvalue weighted by Gasteiger charge is 2.11. The molecule has 0 heterocycles. The van der Waals surface area contributed by atoms with E-state index in [0.717, 1.165) is 0 Å². The van der Waals surface area contributed by atoms with E-state index in [2.05, 4.69) is 5.92 Å². The Morgan fingerprint density at radius 2 is 1.78 bits per heavy atom. The number of carbonyl (C=O) groups excluding carboxylic acids is 1. The normalized spacial score (nSPS) is 9.56. The van der Waals surface area contributed by atoms with Crippen molar-refractivity contribution in [3.63, 3.8) is 0 Å². The van der Waals surface area contributed by atoms with Gasteiger partial charge in [0.05, 0.1) is 5.56 Å². The van der Waals surface area contributed by atoms with Crippen LogP contribution in [0.25, 0.3) is 0 Å². The van der Waals surface area contributed by atoms with E-state index in [1.165, 1.54) is 0 Å². The fourth-order valence-electron chi connectivity index (χ4n) is 1.45. The van der Waals surface area contributed by atoms with Crippen molar-refractivity contribution in [1.82, 2.24) is 0 Å². The van der Waals surface area contributed by atoms with Crippen LogP contribution in [-0.4, -0.2) is 5.97 Å². The number of ether oxygens (including phenoxy) is 1. The third-order valence-corrected chi connectivity index (χ3v) is 2.58. The van der Waals surface area contributed by atoms with Crippen molar-refractivity contribution in [3.05, 3.63) is 64.7 Å². The number of benzene rings is 2. The van der Waals surface area contributed by atoms with Gasteiger partial charge in [0, 0.05) is 10.6 Å². The summed E-state index contributed by atoms with van der Waals surface area (Å²) in [7, 11) is 0. The molecule has 18 heavy (non-hydrogen) atoms. The van der Waals surface area contributed by atoms with Gasteiger partial charge in [0.25, 0.3) is 0 Å². The topological polar surface area (TPSA) is 26.3 Å². The zero-order valence-electron chi connectivity index (χ0n) is 9.39. The summed E-state index contributed by atoms with van der Waals surface area (Å²) in [5, 5.41) is 0.582. The minimum Gasteiger partial charge on any atom is -0.423 e. The average molecular weight is 257 g/mol. The molecule has 0 aromatic heterocycles. The molecule has 0 aliphatic carbocycles. The minimum atomic E-state index is -0.481. The molecule has 2 aromatic rings. The Morgan fingerprint density at radius 1 is 1.11 bits per heavy atom. The Balaban J connectivity index is 2.22. The summed E-state index contributed by atoms with van der Waals surface area (Å²) in [5.41, 5.74) is 0.881. The van der Waals surface area contributed by atoms with Gasteiger partial charge in [0.15, 0.2) is 0 Å². The number of halogens is 1. The van der Waals surface area contributed by atoms with E-state index in [1.807, 2.05) is 0 Å². The maximum absolute atomic E-state index is 11.9. The van der Waals surface area contributed by atoms with E-state index in [-0.39, 0.29) is 0 Å². The summed E-state index contributed by atoms with van der Waals surface area (Å²) in [5.74, 6) is 2.40. The van der Waals surface area contributed by atoms with Crippen LogP contribution in [0.1, 0.15) is 15.9 Å². The number of rotatable bonds is 2. The molecule has 0 unspecified atom stereocenters. The highest BCUT2D eigenvalue weighted by Crippen LogP contribution is 2.17. The van der Waals surface area contributed by atoms with Gasteiger partial charge in [0.2, 0.25) is 0 Å². The molecule has 0 saturated heterocycles. The van der Waals surface area contributed by atoms with E-state index in [1.54, 1.807) is 48.5 Å². The Bertz CT molecular complexity index is 609. The van der Waals surface area contributed by atoms with E-state index in [4.69, 9.17) is 22.8 Å². The molecule has 3 heteroatoms. The van der Waals surface area contributed by atoms with Crippen molar-refractivity contribution < 1.29 is 9.53 Å². The summed E-state index contributed by atoms with van der Waals surface area (Å²) in [4.78, 5) is 11.9. The third kappa shape index (κ3) is 2.71. The van der Waals surface area contributed by atoms with Crippen LogP contribution in [-0.2, 0) is 0 Å². The smallest absolute Gasteiger partial charge is 0.344 e. The lowest BCUT2D eigenvalue weighted by molar-refractivity contribution is 0.0734. The molecule has 0 N–H and O–H groups in total. The molecule has 0 saturated carbocycles. The first-order valence-electron chi connectivity index (χ1n) is 5.24. The second-order valence-electron chi connectivity index (χ2n) is 3.53. The Hall–Kier alpha value is -2.24. The zero-order valence-corrected chi connectivity index (χ0v) is 10.1. The van der Waals surface area contributed by atoms with Crippen LogP contribution in [0.15, 0.2) is 48.5 Å². The highest BCUT2D eigenvalue weighted by atomic mass is 35.5.